The van der Waals surface area contributed by atoms with Gasteiger partial charge in [-0.3, -0.25) is 0 Å². The van der Waals surface area contributed by atoms with E-state index in [1.807, 2.05) is 30.3 Å². The molecule has 0 spiro atoms. The van der Waals surface area contributed by atoms with Crippen molar-refractivity contribution < 1.29 is 0 Å². The Balaban J connectivity index is 2.26. The highest BCUT2D eigenvalue weighted by molar-refractivity contribution is 6.33. The summed E-state index contributed by atoms with van der Waals surface area (Å²) in [6, 6.07) is 18.6. The molecule has 0 bridgehead atoms. The molecule has 0 saturated heterocycles. The smallest absolute Gasteiger partial charge is 0.0637 e. The Kier molecular flexibility index (Phi) is 4.27. The van der Waals surface area contributed by atoms with Crippen LogP contribution in [-0.2, 0) is 0 Å². The molecule has 1 atom stereocenters. The van der Waals surface area contributed by atoms with Crippen molar-refractivity contribution in [3.05, 3.63) is 65.2 Å². The summed E-state index contributed by atoms with van der Waals surface area (Å²) >= 11 is 6.20. The van der Waals surface area contributed by atoms with Crippen LogP contribution in [0.1, 0.15) is 25.5 Å². The van der Waals surface area contributed by atoms with Crippen molar-refractivity contribution in [2.24, 2.45) is 5.92 Å². The minimum atomic E-state index is 0.270. The lowest BCUT2D eigenvalue weighted by Crippen LogP contribution is -2.16. The standard InChI is InChI=1S/C16H18ClN/c1-12(2)16(13-8-4-3-5-9-13)18-15-11-7-6-10-14(15)17/h3-12,16,18H,1-2H3. The number of hydrogen-bond acceptors (Lipinski definition) is 1. The minimum Gasteiger partial charge on any atom is -0.377 e. The number of hydrogen-bond donors (Lipinski definition) is 1. The molecule has 94 valence electrons. The molecule has 0 aromatic heterocycles. The van der Waals surface area contributed by atoms with Crippen molar-refractivity contribution in [2.75, 3.05) is 5.32 Å². The average molecular weight is 260 g/mol. The summed E-state index contributed by atoms with van der Waals surface area (Å²) in [5.74, 6) is 0.490. The SMILES string of the molecule is CC(C)C(Nc1ccccc1Cl)c1ccccc1. The van der Waals surface area contributed by atoms with E-state index in [2.05, 4.69) is 43.4 Å². The van der Waals surface area contributed by atoms with Crippen molar-refractivity contribution in [1.29, 1.82) is 0 Å². The molecule has 0 aliphatic heterocycles. The highest BCUT2D eigenvalue weighted by Crippen LogP contribution is 2.29. The van der Waals surface area contributed by atoms with E-state index in [-0.39, 0.29) is 6.04 Å². The molecule has 1 N–H and O–H groups in total. The second-order valence-electron chi connectivity index (χ2n) is 4.76. The van der Waals surface area contributed by atoms with Crippen molar-refractivity contribution in [1.82, 2.24) is 0 Å². The van der Waals surface area contributed by atoms with Gasteiger partial charge in [0.15, 0.2) is 0 Å². The highest BCUT2D eigenvalue weighted by Gasteiger charge is 2.16. The van der Waals surface area contributed by atoms with Gasteiger partial charge in [-0.05, 0) is 23.6 Å². The first kappa shape index (κ1) is 13.0. The van der Waals surface area contributed by atoms with Crippen LogP contribution in [0.25, 0.3) is 0 Å². The third kappa shape index (κ3) is 3.05. The third-order valence-electron chi connectivity index (χ3n) is 3.01. The van der Waals surface area contributed by atoms with Gasteiger partial charge in [0.1, 0.15) is 0 Å². The zero-order valence-corrected chi connectivity index (χ0v) is 11.5. The second kappa shape index (κ2) is 5.92. The molecule has 0 aliphatic carbocycles. The lowest BCUT2D eigenvalue weighted by Gasteiger charge is -2.24. The number of para-hydroxylation sites is 1. The quantitative estimate of drug-likeness (QED) is 0.801. The molecule has 1 nitrogen and oxygen atoms in total. The van der Waals surface area contributed by atoms with Gasteiger partial charge in [0.05, 0.1) is 16.8 Å². The summed E-state index contributed by atoms with van der Waals surface area (Å²) in [5.41, 5.74) is 2.27. The number of anilines is 1. The predicted octanol–water partition coefficient (Wildman–Crippen LogP) is 5.15. The molecule has 2 heteroatoms. The average Bonchev–Trinajstić information content (AvgIpc) is 2.38. The van der Waals surface area contributed by atoms with Gasteiger partial charge in [0.25, 0.3) is 0 Å². The fourth-order valence-electron chi connectivity index (χ4n) is 2.04. The zero-order valence-electron chi connectivity index (χ0n) is 10.7. The Morgan fingerprint density at radius 3 is 2.11 bits per heavy atom. The van der Waals surface area contributed by atoms with Crippen LogP contribution in [0.4, 0.5) is 5.69 Å². The summed E-state index contributed by atoms with van der Waals surface area (Å²) in [5, 5.41) is 4.29. The van der Waals surface area contributed by atoms with Crippen molar-refractivity contribution in [3.63, 3.8) is 0 Å². The van der Waals surface area contributed by atoms with Crippen LogP contribution in [-0.4, -0.2) is 0 Å². The van der Waals surface area contributed by atoms with Gasteiger partial charge in [0.2, 0.25) is 0 Å². The summed E-state index contributed by atoms with van der Waals surface area (Å²) in [6.45, 7) is 4.42. The van der Waals surface area contributed by atoms with E-state index in [0.29, 0.717) is 5.92 Å². The van der Waals surface area contributed by atoms with Crippen LogP contribution in [0.5, 0.6) is 0 Å². The van der Waals surface area contributed by atoms with Gasteiger partial charge in [-0.1, -0.05) is 67.9 Å². The second-order valence-corrected chi connectivity index (χ2v) is 5.16. The molecule has 0 radical (unpaired) electrons. The van der Waals surface area contributed by atoms with E-state index in [1.165, 1.54) is 5.56 Å². The van der Waals surface area contributed by atoms with Crippen molar-refractivity contribution in [3.8, 4) is 0 Å². The minimum absolute atomic E-state index is 0.270. The fraction of sp³-hybridized carbons (Fsp3) is 0.250. The summed E-state index contributed by atoms with van der Waals surface area (Å²) in [6.07, 6.45) is 0. The number of benzene rings is 2. The van der Waals surface area contributed by atoms with E-state index >= 15 is 0 Å². The van der Waals surface area contributed by atoms with Crippen LogP contribution in [0.3, 0.4) is 0 Å². The molecule has 1 unspecified atom stereocenters. The molecule has 0 saturated carbocycles. The van der Waals surface area contributed by atoms with Crippen LogP contribution < -0.4 is 5.32 Å². The first-order valence-electron chi connectivity index (χ1n) is 6.24. The van der Waals surface area contributed by atoms with Gasteiger partial charge in [0, 0.05) is 0 Å². The molecule has 0 heterocycles. The van der Waals surface area contributed by atoms with Gasteiger partial charge >= 0.3 is 0 Å². The zero-order chi connectivity index (χ0) is 13.0. The maximum atomic E-state index is 6.20. The lowest BCUT2D eigenvalue weighted by molar-refractivity contribution is 0.546. The number of rotatable bonds is 4. The number of nitrogens with one attached hydrogen (secondary N) is 1. The molecule has 2 aromatic rings. The van der Waals surface area contributed by atoms with Crippen LogP contribution in [0.15, 0.2) is 54.6 Å². The first-order chi connectivity index (χ1) is 8.68. The van der Waals surface area contributed by atoms with Crippen LogP contribution in [0, 0.1) is 5.92 Å². The van der Waals surface area contributed by atoms with Gasteiger partial charge < -0.3 is 5.32 Å². The summed E-state index contributed by atoms with van der Waals surface area (Å²) in [4.78, 5) is 0. The highest BCUT2D eigenvalue weighted by atomic mass is 35.5. The molecule has 0 aliphatic rings. The van der Waals surface area contributed by atoms with Crippen LogP contribution >= 0.6 is 11.6 Å². The fourth-order valence-corrected chi connectivity index (χ4v) is 2.23. The molecule has 0 amide bonds. The van der Waals surface area contributed by atoms with Crippen molar-refractivity contribution >= 4 is 17.3 Å². The van der Waals surface area contributed by atoms with Gasteiger partial charge in [-0.2, -0.15) is 0 Å². The van der Waals surface area contributed by atoms with Gasteiger partial charge in [-0.25, -0.2) is 0 Å². The molecule has 2 aromatic carbocycles. The number of halogens is 1. The Labute approximate surface area is 114 Å². The third-order valence-corrected chi connectivity index (χ3v) is 3.34. The van der Waals surface area contributed by atoms with E-state index in [9.17, 15) is 0 Å². The Morgan fingerprint density at radius 2 is 1.50 bits per heavy atom. The maximum Gasteiger partial charge on any atom is 0.0637 e. The molecule has 0 fully saturated rings. The predicted molar refractivity (Wildman–Crippen MR) is 79.1 cm³/mol. The Bertz CT molecular complexity index is 493. The lowest BCUT2D eigenvalue weighted by atomic mass is 9.96. The summed E-state index contributed by atoms with van der Waals surface area (Å²) < 4.78 is 0. The summed E-state index contributed by atoms with van der Waals surface area (Å²) in [7, 11) is 0. The monoisotopic (exact) mass is 259 g/mol. The molecular weight excluding hydrogens is 242 g/mol. The van der Waals surface area contributed by atoms with E-state index in [0.717, 1.165) is 10.7 Å². The maximum absolute atomic E-state index is 6.20. The molecular formula is C16H18ClN. The normalized spacial score (nSPS) is 12.4. The molecule has 2 rings (SSSR count). The van der Waals surface area contributed by atoms with E-state index in [1.54, 1.807) is 0 Å². The van der Waals surface area contributed by atoms with E-state index in [4.69, 9.17) is 11.6 Å². The van der Waals surface area contributed by atoms with Crippen molar-refractivity contribution in [2.45, 2.75) is 19.9 Å². The topological polar surface area (TPSA) is 12.0 Å². The van der Waals surface area contributed by atoms with E-state index < -0.39 is 0 Å². The molecule has 18 heavy (non-hydrogen) atoms. The Morgan fingerprint density at radius 1 is 0.889 bits per heavy atom. The Hall–Kier alpha value is -1.47. The van der Waals surface area contributed by atoms with Gasteiger partial charge in [-0.15, -0.1) is 0 Å². The largest absolute Gasteiger partial charge is 0.377 e. The first-order valence-corrected chi connectivity index (χ1v) is 6.62. The van der Waals surface area contributed by atoms with Crippen LogP contribution in [0.2, 0.25) is 5.02 Å².